The van der Waals surface area contributed by atoms with Gasteiger partial charge in [0.2, 0.25) is 5.91 Å². The van der Waals surface area contributed by atoms with Gasteiger partial charge in [0.15, 0.2) is 0 Å². The van der Waals surface area contributed by atoms with Crippen LogP contribution in [0.3, 0.4) is 0 Å². The number of carbonyl (C=O) groups excluding carboxylic acids is 2. The highest BCUT2D eigenvalue weighted by Crippen LogP contribution is 2.32. The molecule has 1 fully saturated rings. The SMILES string of the molecule is NC(=O)c1ccc(CNC(=O)N2CCC[C@@H]2c2ccsc2)cc1. The van der Waals surface area contributed by atoms with Crippen molar-refractivity contribution in [3.63, 3.8) is 0 Å². The number of urea groups is 1. The zero-order valence-electron chi connectivity index (χ0n) is 12.7. The maximum absolute atomic E-state index is 12.4. The van der Waals surface area contributed by atoms with Crippen LogP contribution in [0.25, 0.3) is 0 Å². The van der Waals surface area contributed by atoms with E-state index in [1.165, 1.54) is 5.56 Å². The molecular weight excluding hydrogens is 310 g/mol. The molecule has 1 atom stereocenters. The van der Waals surface area contributed by atoms with Gasteiger partial charge in [-0.05, 0) is 52.9 Å². The first-order valence-electron chi connectivity index (χ1n) is 7.60. The highest BCUT2D eigenvalue weighted by Gasteiger charge is 2.29. The summed E-state index contributed by atoms with van der Waals surface area (Å²) in [7, 11) is 0. The Labute approximate surface area is 139 Å². The van der Waals surface area contributed by atoms with Crippen LogP contribution in [0.1, 0.15) is 40.4 Å². The van der Waals surface area contributed by atoms with Crippen LogP contribution in [0.15, 0.2) is 41.1 Å². The second kappa shape index (κ2) is 6.83. The molecule has 0 aliphatic carbocycles. The number of nitrogens with one attached hydrogen (secondary N) is 1. The van der Waals surface area contributed by atoms with E-state index in [0.717, 1.165) is 24.9 Å². The summed E-state index contributed by atoms with van der Waals surface area (Å²) in [6.45, 7) is 1.22. The zero-order chi connectivity index (χ0) is 16.2. The zero-order valence-corrected chi connectivity index (χ0v) is 13.5. The van der Waals surface area contributed by atoms with E-state index in [0.29, 0.717) is 12.1 Å². The van der Waals surface area contributed by atoms with Gasteiger partial charge in [0.1, 0.15) is 0 Å². The molecule has 1 saturated heterocycles. The van der Waals surface area contributed by atoms with Gasteiger partial charge >= 0.3 is 6.03 Å². The van der Waals surface area contributed by atoms with Crippen LogP contribution in [0, 0.1) is 0 Å². The maximum atomic E-state index is 12.4. The number of hydrogen-bond donors (Lipinski definition) is 2. The summed E-state index contributed by atoms with van der Waals surface area (Å²) >= 11 is 1.66. The second-order valence-electron chi connectivity index (χ2n) is 5.63. The lowest BCUT2D eigenvalue weighted by atomic mass is 10.1. The molecule has 6 heteroatoms. The predicted molar refractivity (Wildman–Crippen MR) is 90.2 cm³/mol. The molecule has 1 aliphatic rings. The Hall–Kier alpha value is -2.34. The van der Waals surface area contributed by atoms with Crippen LogP contribution in [0.2, 0.25) is 0 Å². The Kier molecular flexibility index (Phi) is 4.62. The summed E-state index contributed by atoms with van der Waals surface area (Å²) in [6.07, 6.45) is 2.04. The fraction of sp³-hybridized carbons (Fsp3) is 0.294. The molecule has 23 heavy (non-hydrogen) atoms. The number of primary amides is 1. The lowest BCUT2D eigenvalue weighted by Crippen LogP contribution is -2.39. The molecule has 1 aromatic heterocycles. The summed E-state index contributed by atoms with van der Waals surface area (Å²) in [6, 6.07) is 9.18. The number of thiophene rings is 1. The highest BCUT2D eigenvalue weighted by atomic mass is 32.1. The molecule has 0 bridgehead atoms. The Morgan fingerprint density at radius 1 is 1.26 bits per heavy atom. The lowest BCUT2D eigenvalue weighted by Gasteiger charge is -2.24. The standard InChI is InChI=1S/C17H19N3O2S/c18-16(21)13-5-3-12(4-6-13)10-19-17(22)20-8-1-2-15(20)14-7-9-23-11-14/h3-7,9,11,15H,1-2,8,10H2,(H2,18,21)(H,19,22)/t15-/m1/s1. The largest absolute Gasteiger partial charge is 0.366 e. The maximum Gasteiger partial charge on any atom is 0.318 e. The summed E-state index contributed by atoms with van der Waals surface area (Å²) in [5.41, 5.74) is 7.84. The molecule has 1 aliphatic heterocycles. The predicted octanol–water partition coefficient (Wildman–Crippen LogP) is 2.89. The smallest absolute Gasteiger partial charge is 0.318 e. The first-order chi connectivity index (χ1) is 11.1. The lowest BCUT2D eigenvalue weighted by molar-refractivity contribution is 0.1000. The molecule has 2 aromatic rings. The van der Waals surface area contributed by atoms with E-state index in [-0.39, 0.29) is 12.1 Å². The van der Waals surface area contributed by atoms with Gasteiger partial charge < -0.3 is 16.0 Å². The van der Waals surface area contributed by atoms with E-state index in [2.05, 4.69) is 16.8 Å². The van der Waals surface area contributed by atoms with Crippen molar-refractivity contribution < 1.29 is 9.59 Å². The van der Waals surface area contributed by atoms with Gasteiger partial charge in [0, 0.05) is 18.7 Å². The number of amides is 3. The van der Waals surface area contributed by atoms with Gasteiger partial charge in [-0.15, -0.1) is 0 Å². The molecule has 1 aromatic carbocycles. The summed E-state index contributed by atoms with van der Waals surface area (Å²) < 4.78 is 0. The topological polar surface area (TPSA) is 75.4 Å². The average Bonchev–Trinajstić information content (AvgIpc) is 3.23. The third-order valence-electron chi connectivity index (χ3n) is 4.12. The minimum Gasteiger partial charge on any atom is -0.366 e. The molecule has 3 N–H and O–H groups in total. The van der Waals surface area contributed by atoms with Gasteiger partial charge in [-0.2, -0.15) is 11.3 Å². The van der Waals surface area contributed by atoms with E-state index in [4.69, 9.17) is 5.73 Å². The van der Waals surface area contributed by atoms with Crippen molar-refractivity contribution in [3.05, 3.63) is 57.8 Å². The van der Waals surface area contributed by atoms with Crippen molar-refractivity contribution in [2.24, 2.45) is 5.73 Å². The van der Waals surface area contributed by atoms with Crippen molar-refractivity contribution in [2.45, 2.75) is 25.4 Å². The minimum atomic E-state index is -0.448. The van der Waals surface area contributed by atoms with E-state index in [9.17, 15) is 9.59 Å². The monoisotopic (exact) mass is 329 g/mol. The third kappa shape index (κ3) is 3.53. The highest BCUT2D eigenvalue weighted by molar-refractivity contribution is 7.07. The summed E-state index contributed by atoms with van der Waals surface area (Å²) in [4.78, 5) is 25.4. The number of carbonyl (C=O) groups is 2. The van der Waals surface area contributed by atoms with Crippen LogP contribution in [0.5, 0.6) is 0 Å². The van der Waals surface area contributed by atoms with E-state index in [1.54, 1.807) is 35.6 Å². The van der Waals surface area contributed by atoms with Gasteiger partial charge in [-0.3, -0.25) is 4.79 Å². The Morgan fingerprint density at radius 2 is 2.04 bits per heavy atom. The van der Waals surface area contributed by atoms with Gasteiger partial charge in [0.25, 0.3) is 0 Å². The minimum absolute atomic E-state index is 0.0438. The van der Waals surface area contributed by atoms with Gasteiger partial charge in [-0.25, -0.2) is 4.79 Å². The molecule has 120 valence electrons. The van der Waals surface area contributed by atoms with Crippen LogP contribution in [0.4, 0.5) is 4.79 Å². The first-order valence-corrected chi connectivity index (χ1v) is 8.55. The number of nitrogens with zero attached hydrogens (tertiary/aromatic N) is 1. The van der Waals surface area contributed by atoms with Gasteiger partial charge in [-0.1, -0.05) is 12.1 Å². The molecule has 3 amide bonds. The molecule has 0 unspecified atom stereocenters. The molecule has 3 rings (SSSR count). The van der Waals surface area contributed by atoms with Crippen LogP contribution >= 0.6 is 11.3 Å². The van der Waals surface area contributed by atoms with E-state index in [1.807, 2.05) is 10.3 Å². The van der Waals surface area contributed by atoms with Crippen molar-refractivity contribution >= 4 is 23.3 Å². The van der Waals surface area contributed by atoms with Crippen molar-refractivity contribution in [2.75, 3.05) is 6.54 Å². The van der Waals surface area contributed by atoms with Crippen LogP contribution in [-0.2, 0) is 6.54 Å². The average molecular weight is 329 g/mol. The molecule has 5 nitrogen and oxygen atoms in total. The first kappa shape index (κ1) is 15.6. The number of hydrogen-bond acceptors (Lipinski definition) is 3. The Bertz CT molecular complexity index is 682. The molecule has 0 saturated carbocycles. The third-order valence-corrected chi connectivity index (χ3v) is 4.83. The fourth-order valence-electron chi connectivity index (χ4n) is 2.89. The number of rotatable bonds is 4. The molecule has 0 spiro atoms. The Balaban J connectivity index is 1.59. The number of nitrogens with two attached hydrogens (primary N) is 1. The molecular formula is C17H19N3O2S. The van der Waals surface area contributed by atoms with E-state index < -0.39 is 5.91 Å². The van der Waals surface area contributed by atoms with Crippen molar-refractivity contribution in [1.82, 2.24) is 10.2 Å². The number of likely N-dealkylation sites (tertiary alicyclic amines) is 1. The second-order valence-corrected chi connectivity index (χ2v) is 6.41. The van der Waals surface area contributed by atoms with E-state index >= 15 is 0 Å². The van der Waals surface area contributed by atoms with Crippen LogP contribution in [-0.4, -0.2) is 23.4 Å². The van der Waals surface area contributed by atoms with Crippen molar-refractivity contribution in [3.8, 4) is 0 Å². The normalized spacial score (nSPS) is 17.2. The summed E-state index contributed by atoms with van der Waals surface area (Å²) in [5.74, 6) is -0.448. The summed E-state index contributed by atoms with van der Waals surface area (Å²) in [5, 5.41) is 7.11. The Morgan fingerprint density at radius 3 is 2.70 bits per heavy atom. The quantitative estimate of drug-likeness (QED) is 0.905. The fourth-order valence-corrected chi connectivity index (χ4v) is 3.59. The van der Waals surface area contributed by atoms with Crippen molar-refractivity contribution in [1.29, 1.82) is 0 Å². The van der Waals surface area contributed by atoms with Crippen LogP contribution < -0.4 is 11.1 Å². The number of benzene rings is 1. The molecule has 2 heterocycles. The van der Waals surface area contributed by atoms with Gasteiger partial charge in [0.05, 0.1) is 6.04 Å². The molecule has 0 radical (unpaired) electrons.